The van der Waals surface area contributed by atoms with Crippen LogP contribution < -0.4 is 10.9 Å². The zero-order valence-electron chi connectivity index (χ0n) is 16.6. The second-order valence-electron chi connectivity index (χ2n) is 7.57. The molecule has 1 unspecified atom stereocenters. The van der Waals surface area contributed by atoms with Crippen LogP contribution in [0.15, 0.2) is 47.3 Å². The molecule has 1 aliphatic carbocycles. The SMILES string of the molecule is O=C(NCc1ccc(F)cc1F)C1CCc2nc(-c3ccc(F)cc3)[nH]c(=O)c2CC1. The summed E-state index contributed by atoms with van der Waals surface area (Å²) in [6, 6.07) is 8.90. The quantitative estimate of drug-likeness (QED) is 0.624. The Labute approximate surface area is 176 Å². The highest BCUT2D eigenvalue weighted by molar-refractivity contribution is 5.78. The van der Waals surface area contributed by atoms with Gasteiger partial charge in [-0.25, -0.2) is 18.2 Å². The lowest BCUT2D eigenvalue weighted by Gasteiger charge is -2.14. The van der Waals surface area contributed by atoms with Crippen LogP contribution in [0.25, 0.3) is 11.4 Å². The maximum absolute atomic E-state index is 13.8. The number of nitrogens with zero attached hydrogens (tertiary/aromatic N) is 1. The summed E-state index contributed by atoms with van der Waals surface area (Å²) in [5, 5.41) is 2.70. The summed E-state index contributed by atoms with van der Waals surface area (Å²) in [4.78, 5) is 32.5. The molecule has 2 aromatic carbocycles. The number of nitrogens with one attached hydrogen (secondary N) is 2. The predicted molar refractivity (Wildman–Crippen MR) is 109 cm³/mol. The molecule has 1 aliphatic rings. The third-order valence-corrected chi connectivity index (χ3v) is 5.53. The second-order valence-corrected chi connectivity index (χ2v) is 7.57. The smallest absolute Gasteiger partial charge is 0.254 e. The lowest BCUT2D eigenvalue weighted by atomic mass is 9.98. The number of halogens is 3. The molecule has 0 radical (unpaired) electrons. The van der Waals surface area contributed by atoms with Gasteiger partial charge in [-0.3, -0.25) is 9.59 Å². The summed E-state index contributed by atoms with van der Waals surface area (Å²) in [7, 11) is 0. The van der Waals surface area contributed by atoms with Crippen LogP contribution in [0.3, 0.4) is 0 Å². The van der Waals surface area contributed by atoms with Crippen LogP contribution in [0.2, 0.25) is 0 Å². The largest absolute Gasteiger partial charge is 0.352 e. The monoisotopic (exact) mass is 427 g/mol. The van der Waals surface area contributed by atoms with Crippen LogP contribution in [0.4, 0.5) is 13.2 Å². The number of aryl methyl sites for hydroxylation is 1. The van der Waals surface area contributed by atoms with Gasteiger partial charge in [0.25, 0.3) is 5.56 Å². The number of hydrogen-bond acceptors (Lipinski definition) is 3. The van der Waals surface area contributed by atoms with Crippen molar-refractivity contribution in [3.8, 4) is 11.4 Å². The highest BCUT2D eigenvalue weighted by Gasteiger charge is 2.25. The van der Waals surface area contributed by atoms with Gasteiger partial charge in [0, 0.05) is 35.2 Å². The lowest BCUT2D eigenvalue weighted by molar-refractivity contribution is -0.125. The first kappa shape index (κ1) is 20.8. The predicted octanol–water partition coefficient (Wildman–Crippen LogP) is 3.67. The third kappa shape index (κ3) is 4.68. The number of carbonyl (C=O) groups is 1. The molecule has 4 rings (SSSR count). The van der Waals surface area contributed by atoms with Crippen molar-refractivity contribution in [2.45, 2.75) is 32.2 Å². The molecule has 0 spiro atoms. The van der Waals surface area contributed by atoms with E-state index >= 15 is 0 Å². The lowest BCUT2D eigenvalue weighted by Crippen LogP contribution is -2.30. The minimum absolute atomic E-state index is 0.0397. The molecule has 8 heteroatoms. The van der Waals surface area contributed by atoms with Crippen molar-refractivity contribution in [3.05, 3.63) is 87.1 Å². The average Bonchev–Trinajstić information content (AvgIpc) is 2.96. The van der Waals surface area contributed by atoms with E-state index in [1.807, 2.05) is 0 Å². The minimum atomic E-state index is -0.711. The normalized spacial score (nSPS) is 15.8. The Bertz CT molecular complexity index is 1180. The molecule has 2 N–H and O–H groups in total. The Balaban J connectivity index is 1.46. The van der Waals surface area contributed by atoms with Crippen LogP contribution in [-0.4, -0.2) is 15.9 Å². The molecule has 0 aliphatic heterocycles. The zero-order valence-corrected chi connectivity index (χ0v) is 16.6. The summed E-state index contributed by atoms with van der Waals surface area (Å²) in [6.07, 6.45) is 1.79. The van der Waals surface area contributed by atoms with E-state index in [2.05, 4.69) is 15.3 Å². The van der Waals surface area contributed by atoms with Crippen molar-refractivity contribution in [2.75, 3.05) is 0 Å². The Morgan fingerprint density at radius 3 is 2.48 bits per heavy atom. The summed E-state index contributed by atoms with van der Waals surface area (Å²) >= 11 is 0. The van der Waals surface area contributed by atoms with Crippen molar-refractivity contribution < 1.29 is 18.0 Å². The highest BCUT2D eigenvalue weighted by atomic mass is 19.1. The standard InChI is InChI=1S/C23H20F3N3O2/c24-16-6-1-13(2-7-16)21-28-20-10-5-14(4-9-18(20)23(31)29-21)22(30)27-12-15-3-8-17(25)11-19(15)26/h1-3,6-8,11,14H,4-5,9-10,12H2,(H,27,30)(H,28,29,31). The molecule has 31 heavy (non-hydrogen) atoms. The number of amides is 1. The van der Waals surface area contributed by atoms with Crippen molar-refractivity contribution >= 4 is 5.91 Å². The maximum atomic E-state index is 13.8. The number of aromatic nitrogens is 2. The molecule has 160 valence electrons. The summed E-state index contributed by atoms with van der Waals surface area (Å²) in [6.45, 7) is -0.0397. The van der Waals surface area contributed by atoms with E-state index in [-0.39, 0.29) is 35.3 Å². The van der Waals surface area contributed by atoms with Crippen LogP contribution in [0, 0.1) is 23.4 Å². The summed E-state index contributed by atoms with van der Waals surface area (Å²) in [5.74, 6) is -2.00. The van der Waals surface area contributed by atoms with Gasteiger partial charge in [0.05, 0.1) is 5.69 Å². The molecular formula is C23H20F3N3O2. The molecule has 0 saturated carbocycles. The van der Waals surface area contributed by atoms with Crippen molar-refractivity contribution in [2.24, 2.45) is 5.92 Å². The van der Waals surface area contributed by atoms with Crippen molar-refractivity contribution in [1.29, 1.82) is 0 Å². The van der Waals surface area contributed by atoms with E-state index in [4.69, 9.17) is 0 Å². The van der Waals surface area contributed by atoms with E-state index < -0.39 is 11.6 Å². The van der Waals surface area contributed by atoms with Gasteiger partial charge in [0.2, 0.25) is 5.91 Å². The number of fused-ring (bicyclic) bond motifs is 1. The van der Waals surface area contributed by atoms with Gasteiger partial charge in [-0.15, -0.1) is 0 Å². The number of hydrogen-bond donors (Lipinski definition) is 2. The molecule has 5 nitrogen and oxygen atoms in total. The van der Waals surface area contributed by atoms with Gasteiger partial charge in [-0.1, -0.05) is 6.07 Å². The molecule has 0 fully saturated rings. The molecule has 1 atom stereocenters. The van der Waals surface area contributed by atoms with Gasteiger partial charge < -0.3 is 10.3 Å². The van der Waals surface area contributed by atoms with Crippen molar-refractivity contribution in [3.63, 3.8) is 0 Å². The fourth-order valence-corrected chi connectivity index (χ4v) is 3.78. The van der Waals surface area contributed by atoms with E-state index in [1.165, 1.54) is 18.2 Å². The fourth-order valence-electron chi connectivity index (χ4n) is 3.78. The Morgan fingerprint density at radius 2 is 1.74 bits per heavy atom. The van der Waals surface area contributed by atoms with Gasteiger partial charge in [0.15, 0.2) is 0 Å². The van der Waals surface area contributed by atoms with Crippen LogP contribution in [0.5, 0.6) is 0 Å². The van der Waals surface area contributed by atoms with Gasteiger partial charge in [-0.05, 0) is 56.0 Å². The molecule has 1 aromatic heterocycles. The topological polar surface area (TPSA) is 74.8 Å². The molecule has 3 aromatic rings. The first-order valence-electron chi connectivity index (χ1n) is 10.0. The van der Waals surface area contributed by atoms with Gasteiger partial charge in [0.1, 0.15) is 23.3 Å². The molecule has 0 saturated heterocycles. The molecule has 1 amide bonds. The zero-order chi connectivity index (χ0) is 22.0. The van der Waals surface area contributed by atoms with E-state index in [0.717, 1.165) is 12.1 Å². The second kappa shape index (κ2) is 8.75. The van der Waals surface area contributed by atoms with Crippen LogP contribution >= 0.6 is 0 Å². The third-order valence-electron chi connectivity index (χ3n) is 5.53. The molecule has 0 bridgehead atoms. The number of benzene rings is 2. The minimum Gasteiger partial charge on any atom is -0.352 e. The Hall–Kier alpha value is -3.42. The molecule has 1 heterocycles. The first-order valence-corrected chi connectivity index (χ1v) is 10.0. The summed E-state index contributed by atoms with van der Waals surface area (Å²) in [5.41, 5.74) is 1.71. The number of rotatable bonds is 4. The van der Waals surface area contributed by atoms with Crippen molar-refractivity contribution in [1.82, 2.24) is 15.3 Å². The fraction of sp³-hybridized carbons (Fsp3) is 0.261. The highest BCUT2D eigenvalue weighted by Crippen LogP contribution is 2.24. The van der Waals surface area contributed by atoms with Crippen LogP contribution in [-0.2, 0) is 24.2 Å². The van der Waals surface area contributed by atoms with Gasteiger partial charge in [-0.2, -0.15) is 0 Å². The van der Waals surface area contributed by atoms with E-state index in [1.54, 1.807) is 12.1 Å². The average molecular weight is 427 g/mol. The Kier molecular flexibility index (Phi) is 5.88. The van der Waals surface area contributed by atoms with Gasteiger partial charge >= 0.3 is 0 Å². The van der Waals surface area contributed by atoms with E-state index in [0.29, 0.717) is 48.3 Å². The number of carbonyl (C=O) groups excluding carboxylic acids is 1. The maximum Gasteiger partial charge on any atom is 0.254 e. The summed E-state index contributed by atoms with van der Waals surface area (Å²) < 4.78 is 40.0. The first-order chi connectivity index (χ1) is 14.9. The number of aromatic amines is 1. The van der Waals surface area contributed by atoms with E-state index in [9.17, 15) is 22.8 Å². The number of H-pyrrole nitrogens is 1. The Morgan fingerprint density at radius 1 is 1.03 bits per heavy atom. The van der Waals surface area contributed by atoms with Crippen LogP contribution in [0.1, 0.15) is 29.7 Å². The molecular weight excluding hydrogens is 407 g/mol.